The number of alkyl halides is 3. The van der Waals surface area contributed by atoms with Crippen LogP contribution in [0.3, 0.4) is 0 Å². The number of halogens is 4. The summed E-state index contributed by atoms with van der Waals surface area (Å²) in [5, 5.41) is 4.85. The molecule has 2 saturated heterocycles. The summed E-state index contributed by atoms with van der Waals surface area (Å²) in [5.41, 5.74) is 2.39. The predicted molar refractivity (Wildman–Crippen MR) is 111 cm³/mol. The summed E-state index contributed by atoms with van der Waals surface area (Å²) in [7, 11) is 0. The number of likely N-dealkylation sites (tertiary alicyclic amines) is 1. The number of hydrogen-bond donors (Lipinski definition) is 3. The Morgan fingerprint density at radius 3 is 2.58 bits per heavy atom. The van der Waals surface area contributed by atoms with Crippen LogP contribution in [-0.4, -0.2) is 65.7 Å². The van der Waals surface area contributed by atoms with Crippen molar-refractivity contribution in [2.75, 3.05) is 31.6 Å². The largest absolute Gasteiger partial charge is 0.419 e. The number of piperidine rings is 1. The van der Waals surface area contributed by atoms with Gasteiger partial charge in [0.25, 0.3) is 5.91 Å². The summed E-state index contributed by atoms with van der Waals surface area (Å²) in [5.74, 6) is -2.96. The Hall–Kier alpha value is -3.48. The average Bonchev–Trinajstić information content (AvgIpc) is 2.96. The summed E-state index contributed by atoms with van der Waals surface area (Å²) >= 11 is 0. The van der Waals surface area contributed by atoms with Crippen molar-refractivity contribution in [1.82, 2.24) is 15.1 Å². The number of nitrogens with two attached hydrogens (primary N) is 1. The van der Waals surface area contributed by atoms with Gasteiger partial charge >= 0.3 is 12.2 Å². The number of amides is 4. The predicted octanol–water partition coefficient (Wildman–Crippen LogP) is 1.67. The first kappa shape index (κ1) is 24.2. The number of carbonyl (C=O) groups is 3. The van der Waals surface area contributed by atoms with E-state index in [0.717, 1.165) is 11.0 Å². The Labute approximate surface area is 186 Å². The summed E-state index contributed by atoms with van der Waals surface area (Å²) in [6.07, 6.45) is 0.249. The van der Waals surface area contributed by atoms with E-state index in [-0.39, 0.29) is 5.69 Å². The van der Waals surface area contributed by atoms with Crippen LogP contribution in [0.4, 0.5) is 28.0 Å². The maximum absolute atomic E-state index is 13.7. The number of benzene rings is 1. The van der Waals surface area contributed by atoms with Crippen molar-refractivity contribution in [3.05, 3.63) is 41.9 Å². The van der Waals surface area contributed by atoms with E-state index in [0.29, 0.717) is 44.7 Å². The molecule has 4 amide bonds. The molecule has 0 aromatic heterocycles. The first-order chi connectivity index (χ1) is 15.6. The number of imide groups is 1. The second kappa shape index (κ2) is 9.57. The van der Waals surface area contributed by atoms with Crippen molar-refractivity contribution in [2.45, 2.75) is 24.6 Å². The van der Waals surface area contributed by atoms with Crippen LogP contribution in [0.2, 0.25) is 0 Å². The number of allylic oxidation sites excluding steroid dienone is 1. The molecular formula is C20H22F4N6O3. The van der Waals surface area contributed by atoms with Crippen molar-refractivity contribution in [3.8, 4) is 0 Å². The highest BCUT2D eigenvalue weighted by Gasteiger charge is 2.52. The minimum absolute atomic E-state index is 0.231. The fraction of sp³-hybridized carbons (Fsp3) is 0.400. The number of carbonyl (C=O) groups excluding carboxylic acids is 3. The molecule has 1 spiro atoms. The SMILES string of the molecule is N/C=C\C=N/CN1CCC2(CC1)NC(=O)N(CC(=O)Nc1ccc(C(F)(F)F)c(F)c1)C2=O. The zero-order valence-electron chi connectivity index (χ0n) is 17.4. The van der Waals surface area contributed by atoms with E-state index in [1.165, 1.54) is 6.20 Å². The van der Waals surface area contributed by atoms with E-state index in [1.54, 1.807) is 12.3 Å². The first-order valence-electron chi connectivity index (χ1n) is 9.95. The standard InChI is InChI=1S/C20H22F4N6O3/c21-15-10-13(2-3-14(15)20(22,23)24)27-16(31)11-30-17(32)19(28-18(30)33)4-8-29(9-5-19)12-26-7-1-6-25/h1-3,6-7,10H,4-5,8-9,11-12,25H2,(H,27,31)(H,28,33)/b6-1-,26-7-. The lowest BCUT2D eigenvalue weighted by atomic mass is 9.87. The van der Waals surface area contributed by atoms with Crippen LogP contribution in [0, 0.1) is 5.82 Å². The molecule has 9 nitrogen and oxygen atoms in total. The molecule has 2 fully saturated rings. The molecule has 13 heteroatoms. The van der Waals surface area contributed by atoms with Crippen LogP contribution in [0.1, 0.15) is 18.4 Å². The van der Waals surface area contributed by atoms with Crippen molar-refractivity contribution in [2.24, 2.45) is 10.7 Å². The normalized spacial score (nSPS) is 19.1. The average molecular weight is 470 g/mol. The van der Waals surface area contributed by atoms with E-state index in [4.69, 9.17) is 5.73 Å². The molecular weight excluding hydrogens is 448 g/mol. The Morgan fingerprint density at radius 2 is 1.97 bits per heavy atom. The summed E-state index contributed by atoms with van der Waals surface area (Å²) < 4.78 is 51.7. The molecule has 33 heavy (non-hydrogen) atoms. The lowest BCUT2D eigenvalue weighted by Gasteiger charge is -2.36. The van der Waals surface area contributed by atoms with Gasteiger partial charge in [-0.05, 0) is 43.3 Å². The molecule has 0 atom stereocenters. The fourth-order valence-electron chi connectivity index (χ4n) is 3.67. The van der Waals surface area contributed by atoms with Crippen molar-refractivity contribution in [1.29, 1.82) is 0 Å². The van der Waals surface area contributed by atoms with Crippen LogP contribution in [0.5, 0.6) is 0 Å². The van der Waals surface area contributed by atoms with E-state index in [2.05, 4.69) is 15.6 Å². The molecule has 178 valence electrons. The third-order valence-corrected chi connectivity index (χ3v) is 5.40. The lowest BCUT2D eigenvalue weighted by Crippen LogP contribution is -2.55. The van der Waals surface area contributed by atoms with Crippen molar-refractivity contribution < 1.29 is 31.9 Å². The molecule has 0 radical (unpaired) electrons. The third kappa shape index (κ3) is 5.48. The van der Waals surface area contributed by atoms with E-state index in [1.807, 2.05) is 4.90 Å². The number of nitrogens with one attached hydrogen (secondary N) is 2. The quantitative estimate of drug-likeness (QED) is 0.332. The lowest BCUT2D eigenvalue weighted by molar-refractivity contribution is -0.140. The number of urea groups is 1. The van der Waals surface area contributed by atoms with Crippen LogP contribution >= 0.6 is 0 Å². The first-order valence-corrected chi connectivity index (χ1v) is 9.95. The molecule has 0 aliphatic carbocycles. The van der Waals surface area contributed by atoms with Crippen LogP contribution < -0.4 is 16.4 Å². The van der Waals surface area contributed by atoms with Gasteiger partial charge in [0.05, 0.1) is 12.2 Å². The summed E-state index contributed by atoms with van der Waals surface area (Å²) in [6, 6.07) is 1.17. The Kier molecular flexibility index (Phi) is 7.01. The van der Waals surface area contributed by atoms with Gasteiger partial charge in [-0.3, -0.25) is 24.4 Å². The molecule has 4 N–H and O–H groups in total. The van der Waals surface area contributed by atoms with Gasteiger partial charge in [0, 0.05) is 25.0 Å². The topological polar surface area (TPSA) is 120 Å². The number of anilines is 1. The monoisotopic (exact) mass is 470 g/mol. The zero-order valence-corrected chi connectivity index (χ0v) is 17.4. The van der Waals surface area contributed by atoms with Crippen LogP contribution in [-0.2, 0) is 15.8 Å². The molecule has 1 aromatic carbocycles. The highest BCUT2D eigenvalue weighted by molar-refractivity contribution is 6.10. The second-order valence-electron chi connectivity index (χ2n) is 7.62. The summed E-state index contributed by atoms with van der Waals surface area (Å²) in [6.45, 7) is 0.716. The molecule has 2 aliphatic rings. The molecule has 1 aromatic rings. The van der Waals surface area contributed by atoms with Crippen molar-refractivity contribution in [3.63, 3.8) is 0 Å². The highest BCUT2D eigenvalue weighted by atomic mass is 19.4. The second-order valence-corrected chi connectivity index (χ2v) is 7.62. The van der Waals surface area contributed by atoms with Crippen molar-refractivity contribution >= 4 is 29.7 Å². The van der Waals surface area contributed by atoms with E-state index in [9.17, 15) is 31.9 Å². The Morgan fingerprint density at radius 1 is 1.27 bits per heavy atom. The minimum atomic E-state index is -4.87. The van der Waals surface area contributed by atoms with Gasteiger partial charge in [0.1, 0.15) is 17.9 Å². The molecule has 2 heterocycles. The van der Waals surface area contributed by atoms with Crippen LogP contribution in [0.25, 0.3) is 0 Å². The minimum Gasteiger partial charge on any atom is -0.405 e. The maximum atomic E-state index is 13.7. The summed E-state index contributed by atoms with van der Waals surface area (Å²) in [4.78, 5) is 44.4. The van der Waals surface area contributed by atoms with Gasteiger partial charge in [0.2, 0.25) is 5.91 Å². The highest BCUT2D eigenvalue weighted by Crippen LogP contribution is 2.33. The third-order valence-electron chi connectivity index (χ3n) is 5.40. The maximum Gasteiger partial charge on any atom is 0.419 e. The van der Waals surface area contributed by atoms with Gasteiger partial charge in [-0.2, -0.15) is 13.2 Å². The van der Waals surface area contributed by atoms with Crippen LogP contribution in [0.15, 0.2) is 35.5 Å². The van der Waals surface area contributed by atoms with Gasteiger partial charge in [-0.1, -0.05) is 0 Å². The van der Waals surface area contributed by atoms with Gasteiger partial charge < -0.3 is 16.4 Å². The Balaban J connectivity index is 1.58. The zero-order chi connectivity index (χ0) is 24.2. The van der Waals surface area contributed by atoms with E-state index < -0.39 is 47.5 Å². The molecule has 2 aliphatic heterocycles. The molecule has 0 saturated carbocycles. The van der Waals surface area contributed by atoms with E-state index >= 15 is 0 Å². The number of rotatable bonds is 6. The number of nitrogens with zero attached hydrogens (tertiary/aromatic N) is 3. The van der Waals surface area contributed by atoms with Gasteiger partial charge in [-0.15, -0.1) is 0 Å². The van der Waals surface area contributed by atoms with Gasteiger partial charge in [-0.25, -0.2) is 9.18 Å². The molecule has 3 rings (SSSR count). The molecule has 0 unspecified atom stereocenters. The number of aliphatic imine (C=N–C) groups is 1. The fourth-order valence-corrected chi connectivity index (χ4v) is 3.67. The Bertz CT molecular complexity index is 987. The smallest absolute Gasteiger partial charge is 0.405 e. The number of hydrogen-bond acceptors (Lipinski definition) is 6. The molecule has 0 bridgehead atoms. The van der Waals surface area contributed by atoms with Gasteiger partial charge in [0.15, 0.2) is 0 Å².